The molecule has 0 saturated carbocycles. The highest BCUT2D eigenvalue weighted by molar-refractivity contribution is 7.89. The van der Waals surface area contributed by atoms with Gasteiger partial charge < -0.3 is 10.2 Å². The number of benzene rings is 2. The Bertz CT molecular complexity index is 1060. The summed E-state index contributed by atoms with van der Waals surface area (Å²) in [5.74, 6) is -3.24. The Balaban J connectivity index is 1.51. The Morgan fingerprint density at radius 2 is 1.83 bits per heavy atom. The molecule has 7 nitrogen and oxygen atoms in total. The molecule has 1 heterocycles. The summed E-state index contributed by atoms with van der Waals surface area (Å²) in [7, 11) is -3.78. The van der Waals surface area contributed by atoms with Gasteiger partial charge in [-0.25, -0.2) is 21.9 Å². The smallest absolute Gasteiger partial charge is 0.240 e. The predicted octanol–water partition coefficient (Wildman–Crippen LogP) is 2.07. The molecule has 0 bridgehead atoms. The molecule has 1 fully saturated rings. The summed E-state index contributed by atoms with van der Waals surface area (Å²) in [5.41, 5.74) is 0.0436. The van der Waals surface area contributed by atoms with Gasteiger partial charge in [-0.3, -0.25) is 9.59 Å². The molecular weight excluding hydrogens is 440 g/mol. The van der Waals surface area contributed by atoms with Crippen molar-refractivity contribution in [2.45, 2.75) is 11.3 Å². The number of anilines is 1. The number of amides is 2. The van der Waals surface area contributed by atoms with E-state index in [1.54, 1.807) is 6.07 Å². The first-order chi connectivity index (χ1) is 14.2. The fourth-order valence-electron chi connectivity index (χ4n) is 3.06. The van der Waals surface area contributed by atoms with Gasteiger partial charge in [-0.1, -0.05) is 17.7 Å². The van der Waals surface area contributed by atoms with Gasteiger partial charge in [0.25, 0.3) is 0 Å². The number of nitrogens with zero attached hydrogens (tertiary/aromatic N) is 1. The van der Waals surface area contributed by atoms with Gasteiger partial charge in [0.05, 0.1) is 10.8 Å². The third-order valence-electron chi connectivity index (χ3n) is 4.48. The second-order valence-electron chi connectivity index (χ2n) is 6.68. The summed E-state index contributed by atoms with van der Waals surface area (Å²) in [5, 5.41) is 2.83. The van der Waals surface area contributed by atoms with Gasteiger partial charge in [0.1, 0.15) is 11.6 Å². The van der Waals surface area contributed by atoms with Crippen LogP contribution in [-0.2, 0) is 19.6 Å². The number of hydrogen-bond acceptors (Lipinski definition) is 4. The molecule has 30 heavy (non-hydrogen) atoms. The standard InChI is InChI=1S/C19H18ClF2N3O4S/c20-13-2-1-3-17(7-13)30(28,29)24-5-4-23-19(27)12-6-18(26)25(11-12)16-9-14(21)8-15(22)10-16/h1-3,7-10,12,24H,4-6,11H2,(H,23,27). The second-order valence-corrected chi connectivity index (χ2v) is 8.88. The van der Waals surface area contributed by atoms with Crippen molar-refractivity contribution in [3.63, 3.8) is 0 Å². The molecule has 0 aliphatic carbocycles. The van der Waals surface area contributed by atoms with Crippen molar-refractivity contribution in [3.8, 4) is 0 Å². The fourth-order valence-corrected chi connectivity index (χ4v) is 4.39. The number of rotatable bonds is 7. The predicted molar refractivity (Wildman–Crippen MR) is 106 cm³/mol. The van der Waals surface area contributed by atoms with Crippen molar-refractivity contribution in [1.82, 2.24) is 10.0 Å². The van der Waals surface area contributed by atoms with E-state index >= 15 is 0 Å². The minimum Gasteiger partial charge on any atom is -0.354 e. The van der Waals surface area contributed by atoms with Crippen LogP contribution in [0.5, 0.6) is 0 Å². The molecule has 11 heteroatoms. The van der Waals surface area contributed by atoms with Crippen LogP contribution in [0.1, 0.15) is 6.42 Å². The number of hydrogen-bond donors (Lipinski definition) is 2. The molecule has 2 aromatic rings. The maximum atomic E-state index is 13.4. The third-order valence-corrected chi connectivity index (χ3v) is 6.17. The lowest BCUT2D eigenvalue weighted by atomic mass is 10.1. The first-order valence-corrected chi connectivity index (χ1v) is 10.8. The van der Waals surface area contributed by atoms with Gasteiger partial charge in [0.15, 0.2) is 0 Å². The molecule has 0 spiro atoms. The van der Waals surface area contributed by atoms with Crippen molar-refractivity contribution >= 4 is 39.1 Å². The summed E-state index contributed by atoms with van der Waals surface area (Å²) in [6, 6.07) is 8.48. The molecule has 2 aromatic carbocycles. The Kier molecular flexibility index (Phi) is 6.69. The molecule has 2 amide bonds. The number of carbonyl (C=O) groups is 2. The fraction of sp³-hybridized carbons (Fsp3) is 0.263. The maximum absolute atomic E-state index is 13.4. The second kappa shape index (κ2) is 9.07. The lowest BCUT2D eigenvalue weighted by Crippen LogP contribution is -2.38. The van der Waals surface area contributed by atoms with Crippen molar-refractivity contribution < 1.29 is 26.8 Å². The van der Waals surface area contributed by atoms with E-state index in [1.165, 1.54) is 18.2 Å². The molecule has 2 N–H and O–H groups in total. The van der Waals surface area contributed by atoms with Crippen LogP contribution in [0, 0.1) is 17.6 Å². The first kappa shape index (κ1) is 22.1. The largest absolute Gasteiger partial charge is 0.354 e. The minimum atomic E-state index is -3.78. The van der Waals surface area contributed by atoms with Gasteiger partial charge in [-0.15, -0.1) is 0 Å². The SMILES string of the molecule is O=C(NCCNS(=O)(=O)c1cccc(Cl)c1)C1CC(=O)N(c2cc(F)cc(F)c2)C1. The molecule has 1 aliphatic heterocycles. The third kappa shape index (κ3) is 5.32. The minimum absolute atomic E-state index is 0.000633. The molecule has 1 atom stereocenters. The zero-order valence-corrected chi connectivity index (χ0v) is 17.1. The number of halogens is 3. The van der Waals surface area contributed by atoms with Crippen LogP contribution in [0.2, 0.25) is 5.02 Å². The molecule has 0 radical (unpaired) electrons. The van der Waals surface area contributed by atoms with Crippen LogP contribution >= 0.6 is 11.6 Å². The van der Waals surface area contributed by atoms with E-state index in [-0.39, 0.29) is 41.7 Å². The van der Waals surface area contributed by atoms with Crippen LogP contribution in [-0.4, -0.2) is 39.9 Å². The highest BCUT2D eigenvalue weighted by atomic mass is 35.5. The molecule has 0 aromatic heterocycles. The van der Waals surface area contributed by atoms with Crippen molar-refractivity contribution in [1.29, 1.82) is 0 Å². The Labute approximate surface area is 177 Å². The van der Waals surface area contributed by atoms with Crippen LogP contribution in [0.25, 0.3) is 0 Å². The van der Waals surface area contributed by atoms with Crippen molar-refractivity contribution in [3.05, 3.63) is 59.1 Å². The summed E-state index contributed by atoms with van der Waals surface area (Å²) < 4.78 is 53.5. The van der Waals surface area contributed by atoms with E-state index in [9.17, 15) is 26.8 Å². The normalized spacial score (nSPS) is 16.7. The lowest BCUT2D eigenvalue weighted by Gasteiger charge is -2.17. The Morgan fingerprint density at radius 1 is 1.13 bits per heavy atom. The average molecular weight is 458 g/mol. The summed E-state index contributed by atoms with van der Waals surface area (Å²) >= 11 is 5.79. The lowest BCUT2D eigenvalue weighted by molar-refractivity contribution is -0.126. The van der Waals surface area contributed by atoms with E-state index < -0.39 is 39.4 Å². The van der Waals surface area contributed by atoms with Gasteiger partial charge in [0.2, 0.25) is 21.8 Å². The molecule has 1 aliphatic rings. The summed E-state index contributed by atoms with van der Waals surface area (Å²) in [4.78, 5) is 25.6. The monoisotopic (exact) mass is 457 g/mol. The Morgan fingerprint density at radius 3 is 2.50 bits per heavy atom. The highest BCUT2D eigenvalue weighted by Gasteiger charge is 2.35. The van der Waals surface area contributed by atoms with E-state index in [0.29, 0.717) is 6.07 Å². The van der Waals surface area contributed by atoms with Crippen molar-refractivity contribution in [2.24, 2.45) is 5.92 Å². The topological polar surface area (TPSA) is 95.6 Å². The summed E-state index contributed by atoms with van der Waals surface area (Å²) in [6.45, 7) is -0.0974. The quantitative estimate of drug-likeness (QED) is 0.622. The molecule has 1 saturated heterocycles. The molecule has 160 valence electrons. The van der Waals surface area contributed by atoms with Gasteiger partial charge in [-0.2, -0.15) is 0 Å². The van der Waals surface area contributed by atoms with Crippen LogP contribution in [0.4, 0.5) is 14.5 Å². The van der Waals surface area contributed by atoms with Gasteiger partial charge in [0, 0.05) is 42.8 Å². The molecule has 3 rings (SSSR count). The zero-order chi connectivity index (χ0) is 21.9. The average Bonchev–Trinajstić information content (AvgIpc) is 3.06. The van der Waals surface area contributed by atoms with Gasteiger partial charge >= 0.3 is 0 Å². The number of sulfonamides is 1. The van der Waals surface area contributed by atoms with E-state index in [0.717, 1.165) is 17.0 Å². The Hall–Kier alpha value is -2.56. The van der Waals surface area contributed by atoms with E-state index in [1.807, 2.05) is 0 Å². The van der Waals surface area contributed by atoms with Crippen molar-refractivity contribution in [2.75, 3.05) is 24.5 Å². The highest BCUT2D eigenvalue weighted by Crippen LogP contribution is 2.26. The van der Waals surface area contributed by atoms with Gasteiger partial charge in [-0.05, 0) is 30.3 Å². The maximum Gasteiger partial charge on any atom is 0.240 e. The van der Waals surface area contributed by atoms with E-state index in [4.69, 9.17) is 11.6 Å². The van der Waals surface area contributed by atoms with E-state index in [2.05, 4.69) is 10.0 Å². The number of carbonyl (C=O) groups excluding carboxylic acids is 2. The molecule has 1 unspecified atom stereocenters. The van der Waals surface area contributed by atoms with Crippen LogP contribution < -0.4 is 14.9 Å². The van der Waals surface area contributed by atoms with Crippen LogP contribution in [0.15, 0.2) is 47.4 Å². The van der Waals surface area contributed by atoms with Crippen LogP contribution in [0.3, 0.4) is 0 Å². The zero-order valence-electron chi connectivity index (χ0n) is 15.6. The summed E-state index contributed by atoms with van der Waals surface area (Å²) in [6.07, 6.45) is -0.113. The molecular formula is C19H18ClF2N3O4S. The first-order valence-electron chi connectivity index (χ1n) is 8.95. The number of nitrogens with one attached hydrogen (secondary N) is 2.